The van der Waals surface area contributed by atoms with Crippen LogP contribution in [0.15, 0.2) is 121 Å². The molecule has 2 heterocycles. The first kappa shape index (κ1) is 24.9. The Morgan fingerprint density at radius 2 is 1.07 bits per heavy atom. The largest absolute Gasteiger partial charge is 0.278 e. The number of aromatic nitrogens is 4. The molecule has 0 radical (unpaired) electrons. The van der Waals surface area contributed by atoms with E-state index in [1.54, 1.807) is 0 Å². The Bertz CT molecular complexity index is 1950. The summed E-state index contributed by atoms with van der Waals surface area (Å²) in [5.74, 6) is 1.92. The second-order valence-electron chi connectivity index (χ2n) is 10.3. The maximum Gasteiger partial charge on any atom is 0.238 e. The third-order valence-corrected chi connectivity index (χ3v) is 7.85. The van der Waals surface area contributed by atoms with Crippen molar-refractivity contribution >= 4 is 21.8 Å². The van der Waals surface area contributed by atoms with Gasteiger partial charge in [-0.1, -0.05) is 117 Å². The Morgan fingerprint density at radius 1 is 0.488 bits per heavy atom. The SMILES string of the molecule is CCc1ccccc1-c1cc2c(cc1CC)c1ccccc1n2-c1nc(-c2ccccc2)nc(-c2ccccc2)n1. The van der Waals surface area contributed by atoms with Crippen molar-refractivity contribution in [3.63, 3.8) is 0 Å². The Morgan fingerprint density at radius 3 is 1.73 bits per heavy atom. The van der Waals surface area contributed by atoms with Gasteiger partial charge in [0, 0.05) is 21.9 Å². The van der Waals surface area contributed by atoms with Crippen LogP contribution in [0.5, 0.6) is 0 Å². The minimum absolute atomic E-state index is 0.614. The average Bonchev–Trinajstić information content (AvgIpc) is 3.38. The van der Waals surface area contributed by atoms with E-state index in [1.165, 1.54) is 33.0 Å². The van der Waals surface area contributed by atoms with Crippen LogP contribution in [0.4, 0.5) is 0 Å². The Hall–Kier alpha value is -5.09. The molecule has 0 aliphatic carbocycles. The Balaban J connectivity index is 1.57. The summed E-state index contributed by atoms with van der Waals surface area (Å²) in [5.41, 5.74) is 9.33. The zero-order valence-corrected chi connectivity index (χ0v) is 23.3. The van der Waals surface area contributed by atoms with Crippen molar-refractivity contribution < 1.29 is 0 Å². The smallest absolute Gasteiger partial charge is 0.238 e. The number of para-hydroxylation sites is 1. The van der Waals surface area contributed by atoms with Crippen LogP contribution in [0, 0.1) is 0 Å². The van der Waals surface area contributed by atoms with Gasteiger partial charge in [-0.25, -0.2) is 4.98 Å². The summed E-state index contributed by atoms with van der Waals surface area (Å²) in [5, 5.41) is 2.40. The predicted molar refractivity (Wildman–Crippen MR) is 169 cm³/mol. The van der Waals surface area contributed by atoms with Crippen LogP contribution < -0.4 is 0 Å². The normalized spacial score (nSPS) is 11.4. The molecule has 0 saturated carbocycles. The molecule has 0 aliphatic rings. The minimum atomic E-state index is 0.614. The molecular weight excluding hydrogens is 500 g/mol. The van der Waals surface area contributed by atoms with E-state index in [4.69, 9.17) is 15.0 Å². The maximum atomic E-state index is 5.09. The predicted octanol–water partition coefficient (Wildman–Crippen LogP) is 9.09. The van der Waals surface area contributed by atoms with E-state index >= 15 is 0 Å². The van der Waals surface area contributed by atoms with Crippen molar-refractivity contribution in [2.45, 2.75) is 26.7 Å². The van der Waals surface area contributed by atoms with Crippen molar-refractivity contribution in [1.29, 1.82) is 0 Å². The zero-order chi connectivity index (χ0) is 27.8. The molecule has 0 aliphatic heterocycles. The fourth-order valence-corrected chi connectivity index (χ4v) is 5.81. The molecule has 0 spiro atoms. The molecule has 41 heavy (non-hydrogen) atoms. The highest BCUT2D eigenvalue weighted by Gasteiger charge is 2.20. The average molecular weight is 531 g/mol. The molecule has 0 fully saturated rings. The highest BCUT2D eigenvalue weighted by atomic mass is 15.2. The second kappa shape index (κ2) is 10.5. The minimum Gasteiger partial charge on any atom is -0.278 e. The number of benzene rings is 5. The van der Waals surface area contributed by atoms with Gasteiger partial charge in [0.25, 0.3) is 0 Å². The van der Waals surface area contributed by atoms with Gasteiger partial charge in [0.2, 0.25) is 5.95 Å². The van der Waals surface area contributed by atoms with Crippen molar-refractivity contribution in [2.24, 2.45) is 0 Å². The lowest BCUT2D eigenvalue weighted by atomic mass is 9.92. The van der Waals surface area contributed by atoms with Crippen molar-refractivity contribution in [1.82, 2.24) is 19.5 Å². The van der Waals surface area contributed by atoms with Crippen molar-refractivity contribution in [2.75, 3.05) is 0 Å². The molecule has 198 valence electrons. The van der Waals surface area contributed by atoms with E-state index < -0.39 is 0 Å². The molecule has 0 saturated heterocycles. The van der Waals surface area contributed by atoms with Gasteiger partial charge in [-0.05, 0) is 53.3 Å². The highest BCUT2D eigenvalue weighted by molar-refractivity contribution is 6.10. The zero-order valence-electron chi connectivity index (χ0n) is 23.3. The molecule has 4 heteroatoms. The van der Waals surface area contributed by atoms with E-state index in [-0.39, 0.29) is 0 Å². The Kier molecular flexibility index (Phi) is 6.36. The fraction of sp³-hybridized carbons (Fsp3) is 0.108. The van der Waals surface area contributed by atoms with Crippen LogP contribution in [0.1, 0.15) is 25.0 Å². The molecule has 7 aromatic rings. The monoisotopic (exact) mass is 530 g/mol. The van der Waals surface area contributed by atoms with E-state index in [9.17, 15) is 0 Å². The molecule has 0 atom stereocenters. The maximum absolute atomic E-state index is 5.09. The summed E-state index contributed by atoms with van der Waals surface area (Å²) in [6.45, 7) is 4.46. The van der Waals surface area contributed by atoms with E-state index in [2.05, 4.69) is 79.1 Å². The first-order valence-electron chi connectivity index (χ1n) is 14.3. The van der Waals surface area contributed by atoms with Crippen LogP contribution in [-0.2, 0) is 12.8 Å². The third-order valence-electron chi connectivity index (χ3n) is 7.85. The van der Waals surface area contributed by atoms with Crippen LogP contribution in [0.3, 0.4) is 0 Å². The van der Waals surface area contributed by atoms with Crippen molar-refractivity contribution in [3.8, 4) is 39.9 Å². The molecule has 7 rings (SSSR count). The first-order chi connectivity index (χ1) is 20.2. The summed E-state index contributed by atoms with van der Waals surface area (Å²) < 4.78 is 2.21. The summed E-state index contributed by atoms with van der Waals surface area (Å²) in [7, 11) is 0. The number of nitrogens with zero attached hydrogens (tertiary/aromatic N) is 4. The lowest BCUT2D eigenvalue weighted by molar-refractivity contribution is 0.953. The van der Waals surface area contributed by atoms with Gasteiger partial charge >= 0.3 is 0 Å². The van der Waals surface area contributed by atoms with Gasteiger partial charge in [-0.2, -0.15) is 9.97 Å². The van der Waals surface area contributed by atoms with E-state index in [0.717, 1.165) is 35.0 Å². The lowest BCUT2D eigenvalue weighted by Crippen LogP contribution is -2.06. The number of hydrogen-bond donors (Lipinski definition) is 0. The fourth-order valence-electron chi connectivity index (χ4n) is 5.81. The van der Waals surface area contributed by atoms with Gasteiger partial charge in [-0.3, -0.25) is 4.57 Å². The molecule has 5 aromatic carbocycles. The van der Waals surface area contributed by atoms with Gasteiger partial charge in [-0.15, -0.1) is 0 Å². The number of rotatable bonds is 6. The van der Waals surface area contributed by atoms with Crippen LogP contribution in [0.25, 0.3) is 61.7 Å². The molecule has 4 nitrogen and oxygen atoms in total. The topological polar surface area (TPSA) is 43.6 Å². The summed E-state index contributed by atoms with van der Waals surface area (Å²) in [4.78, 5) is 15.1. The number of hydrogen-bond acceptors (Lipinski definition) is 3. The highest BCUT2D eigenvalue weighted by Crippen LogP contribution is 2.38. The second-order valence-corrected chi connectivity index (χ2v) is 10.3. The summed E-state index contributed by atoms with van der Waals surface area (Å²) in [6.07, 6.45) is 1.93. The molecule has 0 bridgehead atoms. The van der Waals surface area contributed by atoms with Crippen LogP contribution >= 0.6 is 0 Å². The van der Waals surface area contributed by atoms with Gasteiger partial charge < -0.3 is 0 Å². The summed E-state index contributed by atoms with van der Waals surface area (Å²) in [6, 6.07) is 42.3. The molecular formula is C37H30N4. The standard InChI is InChI=1S/C37H30N4/c1-3-25-15-11-12-20-29(25)31-24-34-32(23-26(31)4-2)30-21-13-14-22-33(30)41(34)37-39-35(27-16-7-5-8-17-27)38-36(40-37)28-18-9-6-10-19-28/h5-24H,3-4H2,1-2H3. The molecule has 0 amide bonds. The Labute approximate surface area is 240 Å². The van der Waals surface area contributed by atoms with Gasteiger partial charge in [0.1, 0.15) is 0 Å². The lowest BCUT2D eigenvalue weighted by Gasteiger charge is -2.15. The van der Waals surface area contributed by atoms with E-state index in [1.807, 2.05) is 60.7 Å². The summed E-state index contributed by atoms with van der Waals surface area (Å²) >= 11 is 0. The van der Waals surface area contributed by atoms with Crippen molar-refractivity contribution in [3.05, 3.63) is 132 Å². The quantitative estimate of drug-likeness (QED) is 0.215. The van der Waals surface area contributed by atoms with Crippen LogP contribution in [0.2, 0.25) is 0 Å². The number of aryl methyl sites for hydroxylation is 2. The van der Waals surface area contributed by atoms with Gasteiger partial charge in [0.05, 0.1) is 11.0 Å². The van der Waals surface area contributed by atoms with Gasteiger partial charge in [0.15, 0.2) is 11.6 Å². The molecule has 0 N–H and O–H groups in total. The molecule has 2 aromatic heterocycles. The van der Waals surface area contributed by atoms with E-state index in [0.29, 0.717) is 17.6 Å². The molecule has 0 unspecified atom stereocenters. The first-order valence-corrected chi connectivity index (χ1v) is 14.3. The van der Waals surface area contributed by atoms with Crippen LogP contribution in [-0.4, -0.2) is 19.5 Å². The number of fused-ring (bicyclic) bond motifs is 3. The third kappa shape index (κ3) is 4.38.